The van der Waals surface area contributed by atoms with Crippen molar-refractivity contribution >= 4 is 26.0 Å². The molecule has 0 saturated heterocycles. The number of carboxylic acid groups (broad SMARTS) is 1. The van der Waals surface area contributed by atoms with Gasteiger partial charge >= 0.3 is 37.0 Å². The minimum absolute atomic E-state index is 0.144. The van der Waals surface area contributed by atoms with Gasteiger partial charge in [-0.2, -0.15) is 26.3 Å². The highest BCUT2D eigenvalue weighted by Crippen LogP contribution is 2.27. The molecule has 0 aliphatic carbocycles. The molecule has 0 bridgehead atoms. The second kappa shape index (κ2) is 8.21. The van der Waals surface area contributed by atoms with E-state index < -0.39 is 41.2 Å². The molecule has 0 aliphatic heterocycles. The van der Waals surface area contributed by atoms with Crippen molar-refractivity contribution in [2.75, 3.05) is 0 Å². The Morgan fingerprint density at radius 1 is 1.12 bits per heavy atom. The van der Waals surface area contributed by atoms with Crippen LogP contribution in [0.15, 0.2) is 12.4 Å². The van der Waals surface area contributed by atoms with Gasteiger partial charge in [0, 0.05) is 25.9 Å². The van der Waals surface area contributed by atoms with Gasteiger partial charge in [0.1, 0.15) is 5.82 Å². The van der Waals surface area contributed by atoms with Gasteiger partial charge in [-0.3, -0.25) is 4.79 Å². The number of imidazole rings is 1. The lowest BCUT2D eigenvalue weighted by atomic mass is 10.3. The minimum atomic E-state index is -6.60. The van der Waals surface area contributed by atoms with E-state index in [0.717, 1.165) is 5.82 Å². The van der Waals surface area contributed by atoms with E-state index in [4.69, 9.17) is 5.11 Å². The Morgan fingerprint density at radius 3 is 1.81 bits per heavy atom. The molecule has 0 spiro atoms. The van der Waals surface area contributed by atoms with Crippen molar-refractivity contribution in [3.8, 4) is 0 Å². The molecule has 9 nitrogen and oxygen atoms in total. The molecule has 0 radical (unpaired) electrons. The summed E-state index contributed by atoms with van der Waals surface area (Å²) in [7, 11) is -11.3. The molecule has 0 atom stereocenters. The molecule has 0 saturated carbocycles. The Morgan fingerprint density at radius 2 is 1.54 bits per heavy atom. The van der Waals surface area contributed by atoms with Crippen LogP contribution in [-0.4, -0.2) is 48.5 Å². The molecule has 26 heavy (non-hydrogen) atoms. The van der Waals surface area contributed by atoms with Crippen LogP contribution in [-0.2, 0) is 38.3 Å². The Labute approximate surface area is 142 Å². The largest absolute Gasteiger partial charge is 0.512 e. The molecule has 0 amide bonds. The summed E-state index contributed by atoms with van der Waals surface area (Å²) in [6.07, 6.45) is 4.11. The number of aryl methyl sites for hydroxylation is 2. The summed E-state index contributed by atoms with van der Waals surface area (Å²) in [5.41, 5.74) is -12.3. The number of carbonyl (C=O) groups is 1. The number of aromatic nitrogens is 2. The summed E-state index contributed by atoms with van der Waals surface area (Å²) in [5.74, 6) is 0.0281. The van der Waals surface area contributed by atoms with E-state index in [1.165, 1.54) is 0 Å². The first-order valence-electron chi connectivity index (χ1n) is 6.00. The van der Waals surface area contributed by atoms with E-state index in [-0.39, 0.29) is 6.42 Å². The summed E-state index contributed by atoms with van der Waals surface area (Å²) >= 11 is 0. The highest BCUT2D eigenvalue weighted by molar-refractivity contribution is 8.05. The molecule has 17 heteroatoms. The SMILES string of the molecule is Cn1ccnc1CCC(=O)O.O=S(=O)(NS(=O)(=O)C(F)(F)F)C(F)(F)F. The van der Waals surface area contributed by atoms with Crippen molar-refractivity contribution in [2.45, 2.75) is 23.9 Å². The van der Waals surface area contributed by atoms with Gasteiger partial charge in [0.25, 0.3) is 0 Å². The van der Waals surface area contributed by atoms with Crippen LogP contribution >= 0.6 is 0 Å². The third-order valence-corrected chi connectivity index (χ3v) is 5.29. The van der Waals surface area contributed by atoms with Crippen LogP contribution in [0, 0.1) is 0 Å². The molecule has 0 aromatic carbocycles. The zero-order chi connectivity index (χ0) is 21.0. The van der Waals surface area contributed by atoms with E-state index >= 15 is 0 Å². The van der Waals surface area contributed by atoms with Crippen molar-refractivity contribution in [2.24, 2.45) is 7.05 Å². The van der Waals surface area contributed by atoms with Crippen molar-refractivity contribution in [1.82, 2.24) is 13.7 Å². The van der Waals surface area contributed by atoms with Crippen LogP contribution in [0.25, 0.3) is 0 Å². The molecule has 0 unspecified atom stereocenters. The van der Waals surface area contributed by atoms with Crippen molar-refractivity contribution in [1.29, 1.82) is 0 Å². The highest BCUT2D eigenvalue weighted by Gasteiger charge is 2.55. The average molecular weight is 435 g/mol. The van der Waals surface area contributed by atoms with Crippen LogP contribution in [0.2, 0.25) is 0 Å². The lowest BCUT2D eigenvalue weighted by molar-refractivity contribution is -0.137. The summed E-state index contributed by atoms with van der Waals surface area (Å²) in [5, 5.41) is 8.37. The second-order valence-corrected chi connectivity index (χ2v) is 7.94. The number of halogens is 6. The van der Waals surface area contributed by atoms with Crippen molar-refractivity contribution in [3.05, 3.63) is 18.2 Å². The monoisotopic (exact) mass is 435 g/mol. The molecule has 152 valence electrons. The van der Waals surface area contributed by atoms with Gasteiger partial charge < -0.3 is 9.67 Å². The van der Waals surface area contributed by atoms with E-state index in [9.17, 15) is 48.0 Å². The maximum Gasteiger partial charge on any atom is 0.512 e. The molecule has 1 heterocycles. The predicted molar refractivity (Wildman–Crippen MR) is 72.3 cm³/mol. The van der Waals surface area contributed by atoms with Crippen LogP contribution in [0.1, 0.15) is 12.2 Å². The van der Waals surface area contributed by atoms with E-state index in [1.54, 1.807) is 12.4 Å². The Kier molecular flexibility index (Phi) is 7.62. The smallest absolute Gasteiger partial charge is 0.481 e. The van der Waals surface area contributed by atoms with Crippen LogP contribution in [0.3, 0.4) is 0 Å². The third-order valence-electron chi connectivity index (χ3n) is 2.31. The molecule has 2 N–H and O–H groups in total. The minimum Gasteiger partial charge on any atom is -0.481 e. The van der Waals surface area contributed by atoms with Crippen LogP contribution in [0.5, 0.6) is 0 Å². The number of rotatable bonds is 5. The summed E-state index contributed by atoms with van der Waals surface area (Å²) in [4.78, 5) is 14.2. The van der Waals surface area contributed by atoms with Gasteiger partial charge in [0.15, 0.2) is 0 Å². The quantitative estimate of drug-likeness (QED) is 0.651. The van der Waals surface area contributed by atoms with Gasteiger partial charge in [0.2, 0.25) is 0 Å². The van der Waals surface area contributed by atoms with Gasteiger partial charge in [-0.25, -0.2) is 21.8 Å². The number of hydrogen-bond acceptors (Lipinski definition) is 6. The Hall–Kier alpha value is -1.88. The van der Waals surface area contributed by atoms with Crippen LogP contribution < -0.4 is 4.13 Å². The van der Waals surface area contributed by atoms with Gasteiger partial charge in [-0.15, -0.1) is 0 Å². The first-order chi connectivity index (χ1) is 11.4. The van der Waals surface area contributed by atoms with Gasteiger partial charge in [-0.05, 0) is 0 Å². The standard InChI is InChI=1S/C7H10N2O2.C2HF6NO4S2/c1-9-5-4-8-6(9)2-3-7(10)11;3-1(4,5)14(10,11)9-15(12,13)2(6,7)8/h4-5H,2-3H2,1H3,(H,10,11);9H. The predicted octanol–water partition coefficient (Wildman–Crippen LogP) is 0.712. The molecule has 1 aromatic rings. The Balaban J connectivity index is 0.000000502. The molecule has 1 rings (SSSR count). The summed E-state index contributed by atoms with van der Waals surface area (Å²) in [6.45, 7) is 0. The number of carboxylic acids is 1. The summed E-state index contributed by atoms with van der Waals surface area (Å²) < 4.78 is 110. The molecule has 1 aromatic heterocycles. The molecular formula is C9H11F6N3O6S2. The average Bonchev–Trinajstić information content (AvgIpc) is 2.78. The molecular weight excluding hydrogens is 424 g/mol. The van der Waals surface area contributed by atoms with E-state index in [0.29, 0.717) is 6.42 Å². The fourth-order valence-electron chi connectivity index (χ4n) is 1.10. The number of nitrogens with one attached hydrogen (secondary N) is 1. The lowest BCUT2D eigenvalue weighted by Crippen LogP contribution is -2.45. The Bertz CT molecular complexity index is 785. The molecule has 0 aliphatic rings. The lowest BCUT2D eigenvalue weighted by Gasteiger charge is -2.11. The normalized spacial score (nSPS) is 13.0. The fraction of sp³-hybridized carbons (Fsp3) is 0.556. The highest BCUT2D eigenvalue weighted by atomic mass is 32.3. The maximum absolute atomic E-state index is 11.5. The number of alkyl halides is 6. The first kappa shape index (κ1) is 24.1. The zero-order valence-electron chi connectivity index (χ0n) is 12.5. The van der Waals surface area contributed by atoms with Gasteiger partial charge in [-0.1, -0.05) is 4.13 Å². The third kappa shape index (κ3) is 7.16. The van der Waals surface area contributed by atoms with E-state index in [1.807, 2.05) is 11.6 Å². The number of aliphatic carboxylic acids is 1. The number of nitrogens with zero attached hydrogens (tertiary/aromatic N) is 2. The maximum atomic E-state index is 11.5. The second-order valence-electron chi connectivity index (χ2n) is 4.33. The zero-order valence-corrected chi connectivity index (χ0v) is 14.2. The number of sulfonamides is 2. The summed E-state index contributed by atoms with van der Waals surface area (Å²) in [6, 6.07) is 0. The van der Waals surface area contributed by atoms with E-state index in [2.05, 4.69) is 4.98 Å². The number of hydrogen-bond donors (Lipinski definition) is 2. The van der Waals surface area contributed by atoms with Crippen molar-refractivity contribution < 1.29 is 53.1 Å². The fourth-order valence-corrected chi connectivity index (χ4v) is 3.01. The topological polar surface area (TPSA) is 135 Å². The van der Waals surface area contributed by atoms with Crippen LogP contribution in [0.4, 0.5) is 26.3 Å². The van der Waals surface area contributed by atoms with Gasteiger partial charge in [0.05, 0.1) is 6.42 Å². The molecule has 0 fully saturated rings. The van der Waals surface area contributed by atoms with Crippen molar-refractivity contribution in [3.63, 3.8) is 0 Å². The first-order valence-corrected chi connectivity index (χ1v) is 8.96.